The van der Waals surface area contributed by atoms with Crippen LogP contribution in [0.4, 0.5) is 0 Å². The maximum Gasteiger partial charge on any atom is 0.274 e. The van der Waals surface area contributed by atoms with Crippen molar-refractivity contribution in [1.82, 2.24) is 9.88 Å². The van der Waals surface area contributed by atoms with Crippen molar-refractivity contribution in [3.8, 4) is 0 Å². The highest BCUT2D eigenvalue weighted by atomic mass is 32.1. The Labute approximate surface area is 140 Å². The molecule has 1 atom stereocenters. The van der Waals surface area contributed by atoms with Crippen LogP contribution >= 0.6 is 11.3 Å². The molecule has 1 aliphatic carbocycles. The Bertz CT molecular complexity index is 680. The summed E-state index contributed by atoms with van der Waals surface area (Å²) in [6, 6.07) is 9.82. The smallest absolute Gasteiger partial charge is 0.274 e. The molecule has 1 fully saturated rings. The number of aliphatic hydroxyl groups excluding tert-OH is 1. The molecule has 0 spiro atoms. The molecule has 1 aromatic carbocycles. The van der Waals surface area contributed by atoms with Gasteiger partial charge in [-0.2, -0.15) is 0 Å². The fourth-order valence-electron chi connectivity index (χ4n) is 2.97. The van der Waals surface area contributed by atoms with Crippen molar-refractivity contribution in [1.29, 1.82) is 0 Å². The molecule has 1 amide bonds. The van der Waals surface area contributed by atoms with Gasteiger partial charge in [-0.15, -0.1) is 11.3 Å². The van der Waals surface area contributed by atoms with E-state index in [4.69, 9.17) is 0 Å². The molecular formula is C18H22N2O2S. The summed E-state index contributed by atoms with van der Waals surface area (Å²) in [5.41, 5.74) is 1.60. The van der Waals surface area contributed by atoms with Crippen LogP contribution < -0.4 is 0 Å². The number of rotatable bonds is 6. The number of aryl methyl sites for hydroxylation is 2. The zero-order chi connectivity index (χ0) is 16.4. The summed E-state index contributed by atoms with van der Waals surface area (Å²) in [6.45, 7) is 4.37. The van der Waals surface area contributed by atoms with E-state index in [0.29, 0.717) is 18.2 Å². The third kappa shape index (κ3) is 3.62. The number of hydrogen-bond donors (Lipinski definition) is 1. The summed E-state index contributed by atoms with van der Waals surface area (Å²) >= 11 is 1.54. The number of nitrogens with zero attached hydrogens (tertiary/aromatic N) is 2. The van der Waals surface area contributed by atoms with Crippen LogP contribution in [0.1, 0.15) is 38.8 Å². The van der Waals surface area contributed by atoms with Crippen LogP contribution in [0.25, 0.3) is 0 Å². The SMILES string of the molecule is Cc1nc(C(=O)N(Cc2ccccc2)[C@@H](CO)C2CC2)c(C)s1. The Morgan fingerprint density at radius 3 is 2.57 bits per heavy atom. The predicted molar refractivity (Wildman–Crippen MR) is 91.5 cm³/mol. The minimum Gasteiger partial charge on any atom is -0.394 e. The average Bonchev–Trinajstić information content (AvgIpc) is 3.32. The van der Waals surface area contributed by atoms with Gasteiger partial charge in [-0.3, -0.25) is 4.79 Å². The number of thiazole rings is 1. The fourth-order valence-corrected chi connectivity index (χ4v) is 3.78. The number of carbonyl (C=O) groups is 1. The van der Waals surface area contributed by atoms with Gasteiger partial charge in [0.1, 0.15) is 5.69 Å². The number of amides is 1. The van der Waals surface area contributed by atoms with E-state index in [9.17, 15) is 9.90 Å². The first-order chi connectivity index (χ1) is 11.1. The van der Waals surface area contributed by atoms with E-state index in [1.165, 1.54) is 0 Å². The maximum atomic E-state index is 13.1. The van der Waals surface area contributed by atoms with Crippen molar-refractivity contribution in [3.63, 3.8) is 0 Å². The summed E-state index contributed by atoms with van der Waals surface area (Å²) in [4.78, 5) is 20.2. The lowest BCUT2D eigenvalue weighted by Crippen LogP contribution is -2.43. The van der Waals surface area contributed by atoms with Crippen molar-refractivity contribution in [2.45, 2.75) is 39.3 Å². The van der Waals surface area contributed by atoms with Crippen LogP contribution in [0.3, 0.4) is 0 Å². The van der Waals surface area contributed by atoms with E-state index in [1.54, 1.807) is 11.3 Å². The van der Waals surface area contributed by atoms with Gasteiger partial charge in [0.25, 0.3) is 5.91 Å². The van der Waals surface area contributed by atoms with Gasteiger partial charge < -0.3 is 10.0 Å². The number of benzene rings is 1. The van der Waals surface area contributed by atoms with Crippen LogP contribution in [0.15, 0.2) is 30.3 Å². The van der Waals surface area contributed by atoms with Gasteiger partial charge >= 0.3 is 0 Å². The Hall–Kier alpha value is -1.72. The van der Waals surface area contributed by atoms with Crippen molar-refractivity contribution in [2.75, 3.05) is 6.61 Å². The molecule has 0 aliphatic heterocycles. The molecule has 3 rings (SSSR count). The molecule has 0 unspecified atom stereocenters. The molecule has 1 aliphatic rings. The van der Waals surface area contributed by atoms with E-state index in [2.05, 4.69) is 4.98 Å². The van der Waals surface area contributed by atoms with Crippen molar-refractivity contribution in [3.05, 3.63) is 51.5 Å². The molecule has 0 radical (unpaired) electrons. The Morgan fingerprint density at radius 2 is 2.04 bits per heavy atom. The minimum atomic E-state index is -0.121. The quantitative estimate of drug-likeness (QED) is 0.885. The molecule has 1 N–H and O–H groups in total. The van der Waals surface area contributed by atoms with Crippen molar-refractivity contribution >= 4 is 17.2 Å². The van der Waals surface area contributed by atoms with E-state index < -0.39 is 0 Å². The van der Waals surface area contributed by atoms with Crippen LogP contribution in [-0.4, -0.2) is 33.5 Å². The summed E-state index contributed by atoms with van der Waals surface area (Å²) in [5.74, 6) is 0.342. The van der Waals surface area contributed by atoms with Gasteiger partial charge in [0.15, 0.2) is 0 Å². The van der Waals surface area contributed by atoms with Gasteiger partial charge in [-0.05, 0) is 38.2 Å². The van der Waals surface area contributed by atoms with Crippen LogP contribution in [-0.2, 0) is 6.54 Å². The van der Waals surface area contributed by atoms with E-state index >= 15 is 0 Å². The molecule has 1 saturated carbocycles. The third-order valence-corrected chi connectivity index (χ3v) is 5.20. The first-order valence-corrected chi connectivity index (χ1v) is 8.81. The van der Waals surface area contributed by atoms with Crippen LogP contribution in [0.5, 0.6) is 0 Å². The normalized spacial score (nSPS) is 15.4. The van der Waals surface area contributed by atoms with E-state index in [-0.39, 0.29) is 18.6 Å². The first-order valence-electron chi connectivity index (χ1n) is 8.00. The van der Waals surface area contributed by atoms with Gasteiger partial charge in [0.05, 0.1) is 17.7 Å². The second-order valence-corrected chi connectivity index (χ2v) is 7.55. The lowest BCUT2D eigenvalue weighted by Gasteiger charge is -2.30. The number of aliphatic hydroxyl groups is 1. The molecule has 0 saturated heterocycles. The molecule has 122 valence electrons. The number of carbonyl (C=O) groups excluding carboxylic acids is 1. The molecule has 2 aromatic rings. The highest BCUT2D eigenvalue weighted by molar-refractivity contribution is 7.11. The summed E-state index contributed by atoms with van der Waals surface area (Å²) in [5, 5.41) is 10.7. The summed E-state index contributed by atoms with van der Waals surface area (Å²) in [6.07, 6.45) is 2.16. The lowest BCUT2D eigenvalue weighted by molar-refractivity contribution is 0.0525. The van der Waals surface area contributed by atoms with Crippen molar-refractivity contribution in [2.24, 2.45) is 5.92 Å². The van der Waals surface area contributed by atoms with Gasteiger partial charge in [0, 0.05) is 11.4 Å². The molecular weight excluding hydrogens is 308 g/mol. The summed E-state index contributed by atoms with van der Waals surface area (Å²) < 4.78 is 0. The van der Waals surface area contributed by atoms with Gasteiger partial charge in [-0.1, -0.05) is 30.3 Å². The highest BCUT2D eigenvalue weighted by Gasteiger charge is 2.38. The predicted octanol–water partition coefficient (Wildman–Crippen LogP) is 3.17. The fraction of sp³-hybridized carbons (Fsp3) is 0.444. The third-order valence-electron chi connectivity index (χ3n) is 4.32. The minimum absolute atomic E-state index is 0.00536. The molecule has 1 heterocycles. The Balaban J connectivity index is 1.90. The maximum absolute atomic E-state index is 13.1. The van der Waals surface area contributed by atoms with Gasteiger partial charge in [-0.25, -0.2) is 4.98 Å². The molecule has 0 bridgehead atoms. The first kappa shape index (κ1) is 16.1. The molecule has 4 nitrogen and oxygen atoms in total. The topological polar surface area (TPSA) is 53.4 Å². The van der Waals surface area contributed by atoms with E-state index in [0.717, 1.165) is 28.3 Å². The van der Waals surface area contributed by atoms with Crippen LogP contribution in [0.2, 0.25) is 0 Å². The monoisotopic (exact) mass is 330 g/mol. The van der Waals surface area contributed by atoms with E-state index in [1.807, 2.05) is 49.1 Å². The zero-order valence-corrected chi connectivity index (χ0v) is 14.3. The highest BCUT2D eigenvalue weighted by Crippen LogP contribution is 2.36. The van der Waals surface area contributed by atoms with Crippen molar-refractivity contribution < 1.29 is 9.90 Å². The van der Waals surface area contributed by atoms with Gasteiger partial charge in [0.2, 0.25) is 0 Å². The second-order valence-electron chi connectivity index (χ2n) is 6.14. The average molecular weight is 330 g/mol. The largest absolute Gasteiger partial charge is 0.394 e. The Morgan fingerprint density at radius 1 is 1.35 bits per heavy atom. The molecule has 1 aromatic heterocycles. The Kier molecular flexibility index (Phi) is 4.78. The molecule has 5 heteroatoms. The molecule has 23 heavy (non-hydrogen) atoms. The number of hydrogen-bond acceptors (Lipinski definition) is 4. The standard InChI is InChI=1S/C18H22N2O2S/c1-12-17(19-13(2)23-12)18(22)20(16(11-21)15-8-9-15)10-14-6-4-3-5-7-14/h3-7,15-16,21H,8-11H2,1-2H3/t16-/m0/s1. The zero-order valence-electron chi connectivity index (χ0n) is 13.5. The number of aromatic nitrogens is 1. The lowest BCUT2D eigenvalue weighted by atomic mass is 10.1. The van der Waals surface area contributed by atoms with Crippen LogP contribution in [0, 0.1) is 19.8 Å². The second kappa shape index (κ2) is 6.81. The summed E-state index contributed by atoms with van der Waals surface area (Å²) in [7, 11) is 0.